The van der Waals surface area contributed by atoms with E-state index >= 15 is 0 Å². The van der Waals surface area contributed by atoms with Gasteiger partial charge in [0.2, 0.25) is 0 Å². The van der Waals surface area contributed by atoms with Gasteiger partial charge in [-0.3, -0.25) is 9.88 Å². The van der Waals surface area contributed by atoms with Gasteiger partial charge in [0.05, 0.1) is 5.52 Å². The van der Waals surface area contributed by atoms with E-state index in [1.165, 1.54) is 36.9 Å². The predicted octanol–water partition coefficient (Wildman–Crippen LogP) is 3.84. The van der Waals surface area contributed by atoms with Crippen LogP contribution in [0.5, 0.6) is 0 Å². The Morgan fingerprint density at radius 3 is 3.16 bits per heavy atom. The lowest BCUT2D eigenvalue weighted by atomic mass is 10.1. The highest BCUT2D eigenvalue weighted by atomic mass is 79.9. The van der Waals surface area contributed by atoms with Crippen LogP contribution in [0.1, 0.15) is 18.4 Å². The van der Waals surface area contributed by atoms with Crippen molar-refractivity contribution >= 4 is 26.8 Å². The Bertz CT molecular complexity index is 555. The molecule has 2 aromatic rings. The number of pyridine rings is 1. The molecule has 2 heterocycles. The molecule has 1 aliphatic rings. The number of aromatic nitrogens is 1. The molecular formula is C16H19BrN2. The second-order valence-corrected chi connectivity index (χ2v) is 6.19. The van der Waals surface area contributed by atoms with Gasteiger partial charge in [-0.05, 0) is 49.1 Å². The van der Waals surface area contributed by atoms with E-state index in [0.29, 0.717) is 0 Å². The molecule has 100 valence electrons. The van der Waals surface area contributed by atoms with E-state index in [9.17, 15) is 0 Å². The maximum absolute atomic E-state index is 4.37. The van der Waals surface area contributed by atoms with Crippen LogP contribution < -0.4 is 0 Å². The minimum absolute atomic E-state index is 0.876. The van der Waals surface area contributed by atoms with Gasteiger partial charge in [0.15, 0.2) is 0 Å². The van der Waals surface area contributed by atoms with Crippen molar-refractivity contribution in [2.24, 2.45) is 5.92 Å². The largest absolute Gasteiger partial charge is 0.299 e. The average molecular weight is 319 g/mol. The molecular weight excluding hydrogens is 300 g/mol. The van der Waals surface area contributed by atoms with Gasteiger partial charge in [-0.1, -0.05) is 28.1 Å². The predicted molar refractivity (Wildman–Crippen MR) is 83.5 cm³/mol. The standard InChI is InChI=1S/C16H19BrN2/c17-7-5-13-6-9-19(11-13)12-14-3-4-16-15(10-14)2-1-8-18-16/h1-4,8,10,13H,5-7,9,11-12H2. The van der Waals surface area contributed by atoms with Gasteiger partial charge < -0.3 is 0 Å². The number of fused-ring (bicyclic) bond motifs is 1. The third-order valence-electron chi connectivity index (χ3n) is 3.96. The highest BCUT2D eigenvalue weighted by molar-refractivity contribution is 9.09. The first-order valence-electron chi connectivity index (χ1n) is 6.97. The molecule has 0 radical (unpaired) electrons. The number of hydrogen-bond donors (Lipinski definition) is 0. The number of hydrogen-bond acceptors (Lipinski definition) is 2. The highest BCUT2D eigenvalue weighted by Gasteiger charge is 2.21. The molecule has 2 nitrogen and oxygen atoms in total. The molecule has 19 heavy (non-hydrogen) atoms. The Morgan fingerprint density at radius 2 is 2.26 bits per heavy atom. The number of halogens is 1. The first-order chi connectivity index (χ1) is 9.35. The van der Waals surface area contributed by atoms with Gasteiger partial charge in [0.1, 0.15) is 0 Å². The molecule has 1 aliphatic heterocycles. The van der Waals surface area contributed by atoms with Gasteiger partial charge in [0.25, 0.3) is 0 Å². The summed E-state index contributed by atoms with van der Waals surface area (Å²) < 4.78 is 0. The van der Waals surface area contributed by atoms with E-state index < -0.39 is 0 Å². The molecule has 1 aromatic carbocycles. The number of rotatable bonds is 4. The van der Waals surface area contributed by atoms with Gasteiger partial charge in [-0.2, -0.15) is 0 Å². The Morgan fingerprint density at radius 1 is 1.32 bits per heavy atom. The van der Waals surface area contributed by atoms with Gasteiger partial charge >= 0.3 is 0 Å². The van der Waals surface area contributed by atoms with Crippen LogP contribution in [-0.4, -0.2) is 28.3 Å². The molecule has 3 rings (SSSR count). The maximum atomic E-state index is 4.37. The summed E-state index contributed by atoms with van der Waals surface area (Å²) in [7, 11) is 0. The van der Waals surface area contributed by atoms with Crippen molar-refractivity contribution in [1.82, 2.24) is 9.88 Å². The topological polar surface area (TPSA) is 16.1 Å². The number of likely N-dealkylation sites (tertiary alicyclic amines) is 1. The van der Waals surface area contributed by atoms with Crippen LogP contribution in [0.15, 0.2) is 36.5 Å². The van der Waals surface area contributed by atoms with Crippen molar-refractivity contribution in [3.63, 3.8) is 0 Å². The molecule has 0 saturated carbocycles. The van der Waals surface area contributed by atoms with Gasteiger partial charge in [0, 0.05) is 30.0 Å². The number of nitrogens with zero attached hydrogens (tertiary/aromatic N) is 2. The van der Waals surface area contributed by atoms with Crippen LogP contribution in [0.2, 0.25) is 0 Å². The molecule has 1 unspecified atom stereocenters. The van der Waals surface area contributed by atoms with Crippen LogP contribution in [0, 0.1) is 5.92 Å². The lowest BCUT2D eigenvalue weighted by Crippen LogP contribution is -2.20. The van der Waals surface area contributed by atoms with E-state index in [-0.39, 0.29) is 0 Å². The van der Waals surface area contributed by atoms with Crippen LogP contribution in [0.3, 0.4) is 0 Å². The minimum atomic E-state index is 0.876. The number of benzene rings is 1. The zero-order chi connectivity index (χ0) is 13.1. The van der Waals surface area contributed by atoms with E-state index in [1.54, 1.807) is 0 Å². The number of alkyl halides is 1. The van der Waals surface area contributed by atoms with Crippen molar-refractivity contribution in [1.29, 1.82) is 0 Å². The molecule has 0 aliphatic carbocycles. The van der Waals surface area contributed by atoms with Crippen LogP contribution in [0.25, 0.3) is 10.9 Å². The maximum Gasteiger partial charge on any atom is 0.0702 e. The van der Waals surface area contributed by atoms with Crippen LogP contribution >= 0.6 is 15.9 Å². The van der Waals surface area contributed by atoms with Crippen molar-refractivity contribution < 1.29 is 0 Å². The first kappa shape index (κ1) is 13.1. The van der Waals surface area contributed by atoms with Crippen molar-refractivity contribution in [3.05, 3.63) is 42.1 Å². The summed E-state index contributed by atoms with van der Waals surface area (Å²) in [6.07, 6.45) is 4.51. The fourth-order valence-corrected chi connectivity index (χ4v) is 3.58. The van der Waals surface area contributed by atoms with Crippen molar-refractivity contribution in [3.8, 4) is 0 Å². The van der Waals surface area contributed by atoms with E-state index in [4.69, 9.17) is 0 Å². The summed E-state index contributed by atoms with van der Waals surface area (Å²) in [6.45, 7) is 3.56. The Labute approximate surface area is 123 Å². The second kappa shape index (κ2) is 6.02. The molecule has 0 amide bonds. The minimum Gasteiger partial charge on any atom is -0.299 e. The van der Waals surface area contributed by atoms with Crippen molar-refractivity contribution in [2.45, 2.75) is 19.4 Å². The van der Waals surface area contributed by atoms with E-state index in [0.717, 1.165) is 23.3 Å². The molecule has 0 bridgehead atoms. The average Bonchev–Trinajstić information content (AvgIpc) is 2.86. The molecule has 1 fully saturated rings. The normalized spacial score (nSPS) is 20.2. The quantitative estimate of drug-likeness (QED) is 0.796. The molecule has 1 saturated heterocycles. The van der Waals surface area contributed by atoms with Crippen LogP contribution in [0.4, 0.5) is 0 Å². The fraction of sp³-hybridized carbons (Fsp3) is 0.438. The lowest BCUT2D eigenvalue weighted by Gasteiger charge is -2.16. The van der Waals surface area contributed by atoms with Gasteiger partial charge in [-0.15, -0.1) is 0 Å². The molecule has 0 spiro atoms. The fourth-order valence-electron chi connectivity index (χ4n) is 2.93. The Hall–Kier alpha value is -0.930. The molecule has 0 N–H and O–H groups in total. The highest BCUT2D eigenvalue weighted by Crippen LogP contribution is 2.23. The Kier molecular flexibility index (Phi) is 4.14. The summed E-state index contributed by atoms with van der Waals surface area (Å²) >= 11 is 3.55. The second-order valence-electron chi connectivity index (χ2n) is 5.40. The zero-order valence-electron chi connectivity index (χ0n) is 11.1. The summed E-state index contributed by atoms with van der Waals surface area (Å²) in [5, 5.41) is 2.38. The third kappa shape index (κ3) is 3.15. The summed E-state index contributed by atoms with van der Waals surface area (Å²) in [5.41, 5.74) is 2.49. The first-order valence-corrected chi connectivity index (χ1v) is 8.09. The van der Waals surface area contributed by atoms with Crippen LogP contribution in [-0.2, 0) is 6.54 Å². The van der Waals surface area contributed by atoms with E-state index in [2.05, 4.69) is 50.1 Å². The van der Waals surface area contributed by atoms with Gasteiger partial charge in [-0.25, -0.2) is 0 Å². The zero-order valence-corrected chi connectivity index (χ0v) is 12.6. The lowest BCUT2D eigenvalue weighted by molar-refractivity contribution is 0.316. The molecule has 1 aromatic heterocycles. The summed E-state index contributed by atoms with van der Waals surface area (Å²) in [4.78, 5) is 6.95. The SMILES string of the molecule is BrCCC1CCN(Cc2ccc3ncccc3c2)C1. The molecule has 3 heteroatoms. The molecule has 1 atom stereocenters. The monoisotopic (exact) mass is 318 g/mol. The summed E-state index contributed by atoms with van der Waals surface area (Å²) in [5.74, 6) is 0.876. The van der Waals surface area contributed by atoms with E-state index in [1.807, 2.05) is 12.3 Å². The third-order valence-corrected chi connectivity index (χ3v) is 4.42. The van der Waals surface area contributed by atoms with Crippen molar-refractivity contribution in [2.75, 3.05) is 18.4 Å². The Balaban J connectivity index is 1.68. The summed E-state index contributed by atoms with van der Waals surface area (Å²) in [6, 6.07) is 10.8. The smallest absolute Gasteiger partial charge is 0.0702 e.